The summed E-state index contributed by atoms with van der Waals surface area (Å²) in [5.41, 5.74) is 2.40. The minimum absolute atomic E-state index is 0.0437. The molecule has 0 spiro atoms. The van der Waals surface area contributed by atoms with Crippen LogP contribution in [0.3, 0.4) is 0 Å². The van der Waals surface area contributed by atoms with Crippen LogP contribution in [0, 0.1) is 0 Å². The zero-order valence-corrected chi connectivity index (χ0v) is 16.8. The largest absolute Gasteiger partial charge is 0.497 e. The summed E-state index contributed by atoms with van der Waals surface area (Å²) in [6.07, 6.45) is -0.0437. The number of nitrogens with one attached hydrogen (secondary N) is 2. The molecule has 154 valence electrons. The van der Waals surface area contributed by atoms with Crippen LogP contribution in [0.4, 0.5) is 5.69 Å². The lowest BCUT2D eigenvalue weighted by atomic mass is 10.1. The van der Waals surface area contributed by atoms with Crippen molar-refractivity contribution in [1.82, 2.24) is 5.32 Å². The van der Waals surface area contributed by atoms with Crippen LogP contribution < -0.4 is 24.8 Å². The molecule has 0 saturated heterocycles. The molecule has 1 aliphatic heterocycles. The second-order valence-electron chi connectivity index (χ2n) is 7.01. The van der Waals surface area contributed by atoms with Crippen molar-refractivity contribution in [3.8, 4) is 17.2 Å². The van der Waals surface area contributed by atoms with Crippen LogP contribution in [0.25, 0.3) is 0 Å². The number of hydrogen-bond donors (Lipinski definition) is 2. The summed E-state index contributed by atoms with van der Waals surface area (Å²) in [4.78, 5) is 12.4. The molecular formula is C24H24N2O4. The Bertz CT molecular complexity index is 1000. The predicted octanol–water partition coefficient (Wildman–Crippen LogP) is 3.88. The van der Waals surface area contributed by atoms with Gasteiger partial charge in [0.15, 0.2) is 11.5 Å². The van der Waals surface area contributed by atoms with Gasteiger partial charge in [-0.25, -0.2) is 0 Å². The second kappa shape index (κ2) is 9.33. The fraction of sp³-hybridized carbons (Fsp3) is 0.208. The monoisotopic (exact) mass is 404 g/mol. The summed E-state index contributed by atoms with van der Waals surface area (Å²) < 4.78 is 16.8. The summed E-state index contributed by atoms with van der Waals surface area (Å²) in [5.74, 6) is 2.12. The second-order valence-corrected chi connectivity index (χ2v) is 7.01. The van der Waals surface area contributed by atoms with E-state index in [1.54, 1.807) is 31.4 Å². The van der Waals surface area contributed by atoms with Gasteiger partial charge in [-0.2, -0.15) is 0 Å². The number of fused-ring (bicyclic) bond motifs is 1. The van der Waals surface area contributed by atoms with E-state index in [4.69, 9.17) is 14.2 Å². The Hall–Kier alpha value is -3.51. The first-order chi connectivity index (χ1) is 14.7. The highest BCUT2D eigenvalue weighted by atomic mass is 16.6. The van der Waals surface area contributed by atoms with Gasteiger partial charge in [0.1, 0.15) is 18.5 Å². The molecule has 6 nitrogen and oxygen atoms in total. The van der Waals surface area contributed by atoms with Crippen molar-refractivity contribution in [3.63, 3.8) is 0 Å². The maximum Gasteiger partial charge on any atom is 0.255 e. The van der Waals surface area contributed by atoms with E-state index in [0.29, 0.717) is 25.3 Å². The van der Waals surface area contributed by atoms with E-state index in [1.807, 2.05) is 48.5 Å². The molecule has 3 aromatic carbocycles. The van der Waals surface area contributed by atoms with Gasteiger partial charge in [-0.3, -0.25) is 4.79 Å². The molecule has 6 heteroatoms. The summed E-state index contributed by atoms with van der Waals surface area (Å²) in [6, 6.07) is 22.5. The smallest absolute Gasteiger partial charge is 0.255 e. The normalized spacial score (nSPS) is 14.8. The van der Waals surface area contributed by atoms with Crippen LogP contribution in [0.2, 0.25) is 0 Å². The van der Waals surface area contributed by atoms with Gasteiger partial charge in [-0.1, -0.05) is 24.3 Å². The Morgan fingerprint density at radius 2 is 1.83 bits per heavy atom. The molecule has 0 aliphatic carbocycles. The van der Waals surface area contributed by atoms with Gasteiger partial charge in [0.2, 0.25) is 0 Å². The highest BCUT2D eigenvalue weighted by Crippen LogP contribution is 2.30. The van der Waals surface area contributed by atoms with Crippen molar-refractivity contribution >= 4 is 11.6 Å². The van der Waals surface area contributed by atoms with Crippen LogP contribution in [0.1, 0.15) is 15.9 Å². The van der Waals surface area contributed by atoms with Crippen molar-refractivity contribution in [1.29, 1.82) is 0 Å². The van der Waals surface area contributed by atoms with E-state index in [1.165, 1.54) is 0 Å². The average molecular weight is 404 g/mol. The predicted molar refractivity (Wildman–Crippen MR) is 115 cm³/mol. The van der Waals surface area contributed by atoms with Gasteiger partial charge in [0, 0.05) is 24.3 Å². The summed E-state index contributed by atoms with van der Waals surface area (Å²) >= 11 is 0. The van der Waals surface area contributed by atoms with Crippen molar-refractivity contribution < 1.29 is 19.0 Å². The zero-order valence-electron chi connectivity index (χ0n) is 16.8. The van der Waals surface area contributed by atoms with Crippen LogP contribution >= 0.6 is 0 Å². The molecule has 2 N–H and O–H groups in total. The number of carbonyl (C=O) groups excluding carboxylic acids is 1. The van der Waals surface area contributed by atoms with E-state index in [-0.39, 0.29) is 12.0 Å². The Morgan fingerprint density at radius 3 is 2.63 bits per heavy atom. The minimum Gasteiger partial charge on any atom is -0.497 e. The number of methoxy groups -OCH3 is 1. The minimum atomic E-state index is -0.158. The lowest BCUT2D eigenvalue weighted by Gasteiger charge is -2.26. The van der Waals surface area contributed by atoms with Crippen LogP contribution in [0.15, 0.2) is 72.8 Å². The maximum absolute atomic E-state index is 12.4. The molecule has 3 aromatic rings. The van der Waals surface area contributed by atoms with Crippen molar-refractivity contribution in [2.45, 2.75) is 12.6 Å². The third-order valence-electron chi connectivity index (χ3n) is 4.81. The molecule has 0 fully saturated rings. The number of anilines is 1. The summed E-state index contributed by atoms with van der Waals surface area (Å²) in [7, 11) is 1.60. The van der Waals surface area contributed by atoms with Crippen LogP contribution in [-0.2, 0) is 6.54 Å². The first-order valence-corrected chi connectivity index (χ1v) is 9.85. The quantitative estimate of drug-likeness (QED) is 0.626. The number of carbonyl (C=O) groups is 1. The van der Waals surface area contributed by atoms with Crippen molar-refractivity contribution in [3.05, 3.63) is 83.9 Å². The van der Waals surface area contributed by atoms with Gasteiger partial charge >= 0.3 is 0 Å². The molecule has 1 atom stereocenters. The fourth-order valence-corrected chi connectivity index (χ4v) is 3.25. The molecule has 1 heterocycles. The number of rotatable bonds is 7. The van der Waals surface area contributed by atoms with Crippen molar-refractivity contribution in [2.24, 2.45) is 0 Å². The number of amides is 1. The van der Waals surface area contributed by atoms with Gasteiger partial charge in [0.05, 0.1) is 7.11 Å². The van der Waals surface area contributed by atoms with Gasteiger partial charge in [0.25, 0.3) is 5.91 Å². The highest BCUT2D eigenvalue weighted by Gasteiger charge is 2.19. The standard InChI is InChI=1S/C24H24N2O4/c1-28-20-11-9-18(10-12-20)24(27)26-19-6-4-5-17(13-19)14-25-15-21-16-29-22-7-2-3-8-23(22)30-21/h2-13,21,25H,14-16H2,1H3,(H,26,27)/t21-/m0/s1. The lowest BCUT2D eigenvalue weighted by Crippen LogP contribution is -2.38. The molecule has 4 rings (SSSR count). The Morgan fingerprint density at radius 1 is 1.03 bits per heavy atom. The molecule has 0 radical (unpaired) electrons. The summed E-state index contributed by atoms with van der Waals surface area (Å²) in [6.45, 7) is 1.84. The highest BCUT2D eigenvalue weighted by molar-refractivity contribution is 6.04. The molecule has 1 aliphatic rings. The molecule has 0 unspecified atom stereocenters. The third-order valence-corrected chi connectivity index (χ3v) is 4.81. The van der Waals surface area contributed by atoms with E-state index < -0.39 is 0 Å². The Labute approximate surface area is 175 Å². The zero-order chi connectivity index (χ0) is 20.8. The topological polar surface area (TPSA) is 68.8 Å². The Balaban J connectivity index is 1.29. The number of ether oxygens (including phenoxy) is 3. The molecule has 0 bridgehead atoms. The number of para-hydroxylation sites is 2. The van der Waals surface area contributed by atoms with E-state index >= 15 is 0 Å². The maximum atomic E-state index is 12.4. The van der Waals surface area contributed by atoms with Gasteiger partial charge in [-0.15, -0.1) is 0 Å². The molecule has 1 amide bonds. The Kier molecular flexibility index (Phi) is 6.15. The third kappa shape index (κ3) is 4.90. The molecular weight excluding hydrogens is 380 g/mol. The van der Waals surface area contributed by atoms with Crippen LogP contribution in [-0.4, -0.2) is 32.3 Å². The lowest BCUT2D eigenvalue weighted by molar-refractivity contribution is 0.0902. The SMILES string of the molecule is COc1ccc(C(=O)Nc2cccc(CNC[C@H]3COc4ccccc4O3)c2)cc1. The van der Waals surface area contributed by atoms with Crippen molar-refractivity contribution in [2.75, 3.05) is 25.6 Å². The van der Waals surface area contributed by atoms with E-state index in [2.05, 4.69) is 10.6 Å². The van der Waals surface area contributed by atoms with E-state index in [0.717, 1.165) is 28.5 Å². The number of benzene rings is 3. The first kappa shape index (κ1) is 19.8. The van der Waals surface area contributed by atoms with Gasteiger partial charge in [-0.05, 0) is 54.1 Å². The fourth-order valence-electron chi connectivity index (χ4n) is 3.25. The molecule has 0 aromatic heterocycles. The van der Waals surface area contributed by atoms with Crippen LogP contribution in [0.5, 0.6) is 17.2 Å². The average Bonchev–Trinajstić information content (AvgIpc) is 2.79. The summed E-state index contributed by atoms with van der Waals surface area (Å²) in [5, 5.41) is 6.33. The van der Waals surface area contributed by atoms with Gasteiger partial charge < -0.3 is 24.8 Å². The first-order valence-electron chi connectivity index (χ1n) is 9.85. The molecule has 0 saturated carbocycles. The van der Waals surface area contributed by atoms with E-state index in [9.17, 15) is 4.79 Å². The molecule has 30 heavy (non-hydrogen) atoms. The number of hydrogen-bond acceptors (Lipinski definition) is 5.